The van der Waals surface area contributed by atoms with E-state index in [1.807, 2.05) is 24.3 Å². The highest BCUT2D eigenvalue weighted by atomic mass is 28.4. The highest BCUT2D eigenvalue weighted by molar-refractivity contribution is 6.75. The lowest BCUT2D eigenvalue weighted by Crippen LogP contribution is -2.57. The lowest BCUT2D eigenvalue weighted by molar-refractivity contribution is 0.0732. The molecular weight excluding hydrogens is 270 g/mol. The van der Waals surface area contributed by atoms with E-state index in [1.165, 1.54) is 0 Å². The molecule has 5 heteroatoms. The van der Waals surface area contributed by atoms with Gasteiger partial charge in [-0.2, -0.15) is 0 Å². The summed E-state index contributed by atoms with van der Waals surface area (Å²) < 4.78 is 18.2. The molecule has 0 aliphatic carbocycles. The van der Waals surface area contributed by atoms with Crippen molar-refractivity contribution in [2.24, 2.45) is 0 Å². The fourth-order valence-corrected chi connectivity index (χ4v) is 4.51. The Morgan fingerprint density at radius 3 is 1.55 bits per heavy atom. The Hall–Kier alpha value is -0.883. The van der Waals surface area contributed by atoms with E-state index in [2.05, 4.69) is 20.8 Å². The monoisotopic (exact) mass is 297 g/mol. The Bertz CT molecular complexity index is 348. The second kappa shape index (κ2) is 9.13. The summed E-state index contributed by atoms with van der Waals surface area (Å²) in [6, 6.07) is 7.67. The standard InChI is InChI=1S/C15H27NO3Si/c1-4-11-17-20(18-12-5-2,19-13-6-3)15-9-7-14(16)8-10-15/h7-10H,4-6,11-13,16H2,1-3H3. The molecule has 0 aliphatic rings. The molecule has 20 heavy (non-hydrogen) atoms. The third-order valence-electron chi connectivity index (χ3n) is 2.75. The van der Waals surface area contributed by atoms with Crippen LogP contribution in [0.15, 0.2) is 24.3 Å². The van der Waals surface area contributed by atoms with Crippen LogP contribution in [0.2, 0.25) is 0 Å². The Morgan fingerprint density at radius 2 is 1.20 bits per heavy atom. The number of nitrogens with two attached hydrogens (primary N) is 1. The normalized spacial score (nSPS) is 11.8. The summed E-state index contributed by atoms with van der Waals surface area (Å²) in [6.45, 7) is 8.18. The first-order valence-electron chi connectivity index (χ1n) is 7.46. The first-order valence-corrected chi connectivity index (χ1v) is 9.18. The number of hydrogen-bond acceptors (Lipinski definition) is 4. The maximum atomic E-state index is 6.06. The zero-order valence-corrected chi connectivity index (χ0v) is 13.9. The van der Waals surface area contributed by atoms with Crippen molar-refractivity contribution < 1.29 is 13.3 Å². The third kappa shape index (κ3) is 4.90. The van der Waals surface area contributed by atoms with Crippen molar-refractivity contribution in [3.63, 3.8) is 0 Å². The molecule has 0 spiro atoms. The zero-order chi connectivity index (χ0) is 14.8. The minimum absolute atomic E-state index is 0.643. The molecule has 1 rings (SSSR count). The number of anilines is 1. The molecule has 0 amide bonds. The number of nitrogen functional groups attached to an aromatic ring is 1. The van der Waals surface area contributed by atoms with Crippen molar-refractivity contribution in [2.45, 2.75) is 40.0 Å². The fourth-order valence-electron chi connectivity index (χ4n) is 1.77. The average molecular weight is 297 g/mol. The van der Waals surface area contributed by atoms with E-state index in [0.717, 1.165) is 30.1 Å². The van der Waals surface area contributed by atoms with Crippen LogP contribution in [0.3, 0.4) is 0 Å². The molecule has 0 heterocycles. The minimum Gasteiger partial charge on any atom is -0.399 e. The third-order valence-corrected chi connectivity index (χ3v) is 5.55. The van der Waals surface area contributed by atoms with E-state index in [1.54, 1.807) is 0 Å². The molecular formula is C15H27NO3Si. The maximum absolute atomic E-state index is 6.06. The summed E-state index contributed by atoms with van der Waals surface area (Å²) in [5.41, 5.74) is 6.50. The van der Waals surface area contributed by atoms with Gasteiger partial charge >= 0.3 is 8.80 Å². The van der Waals surface area contributed by atoms with Crippen LogP contribution in [0.4, 0.5) is 5.69 Å². The largest absolute Gasteiger partial charge is 0.537 e. The van der Waals surface area contributed by atoms with E-state index >= 15 is 0 Å². The summed E-state index contributed by atoms with van der Waals surface area (Å²) in [4.78, 5) is 0. The van der Waals surface area contributed by atoms with Crippen LogP contribution < -0.4 is 10.9 Å². The Balaban J connectivity index is 3.00. The van der Waals surface area contributed by atoms with Gasteiger partial charge in [0.2, 0.25) is 0 Å². The van der Waals surface area contributed by atoms with E-state index < -0.39 is 8.80 Å². The van der Waals surface area contributed by atoms with Crippen molar-refractivity contribution >= 4 is 19.7 Å². The smallest absolute Gasteiger partial charge is 0.399 e. The van der Waals surface area contributed by atoms with Crippen molar-refractivity contribution in [3.05, 3.63) is 24.3 Å². The van der Waals surface area contributed by atoms with Crippen LogP contribution in [0.25, 0.3) is 0 Å². The molecule has 0 saturated carbocycles. The van der Waals surface area contributed by atoms with Gasteiger partial charge in [0, 0.05) is 30.7 Å². The number of rotatable bonds is 10. The molecule has 0 fully saturated rings. The Labute approximate surface area is 123 Å². The molecule has 0 saturated heterocycles. The van der Waals surface area contributed by atoms with Crippen LogP contribution >= 0.6 is 0 Å². The second-order valence-electron chi connectivity index (χ2n) is 4.72. The van der Waals surface area contributed by atoms with Gasteiger partial charge < -0.3 is 19.0 Å². The maximum Gasteiger partial charge on any atom is 0.537 e. The number of hydrogen-bond donors (Lipinski definition) is 1. The van der Waals surface area contributed by atoms with E-state index in [4.69, 9.17) is 19.0 Å². The van der Waals surface area contributed by atoms with Crippen LogP contribution in [0.5, 0.6) is 0 Å². The molecule has 114 valence electrons. The summed E-state index contributed by atoms with van der Waals surface area (Å²) in [7, 11) is -2.81. The van der Waals surface area contributed by atoms with Gasteiger partial charge in [-0.25, -0.2) is 0 Å². The molecule has 2 N–H and O–H groups in total. The van der Waals surface area contributed by atoms with Crippen molar-refractivity contribution in [1.29, 1.82) is 0 Å². The molecule has 0 bridgehead atoms. The van der Waals surface area contributed by atoms with Crippen molar-refractivity contribution in [3.8, 4) is 0 Å². The van der Waals surface area contributed by atoms with Crippen LogP contribution in [-0.2, 0) is 13.3 Å². The lowest BCUT2D eigenvalue weighted by Gasteiger charge is -2.29. The van der Waals surface area contributed by atoms with Crippen LogP contribution in [0, 0.1) is 0 Å². The van der Waals surface area contributed by atoms with Gasteiger partial charge in [0.15, 0.2) is 0 Å². The van der Waals surface area contributed by atoms with Gasteiger partial charge in [0.25, 0.3) is 0 Å². The topological polar surface area (TPSA) is 53.7 Å². The summed E-state index contributed by atoms with van der Waals surface area (Å²) in [5, 5.41) is 0.988. The zero-order valence-electron chi connectivity index (χ0n) is 12.9. The van der Waals surface area contributed by atoms with Gasteiger partial charge in [-0.1, -0.05) is 32.9 Å². The summed E-state index contributed by atoms with van der Waals surface area (Å²) in [6.07, 6.45) is 2.82. The van der Waals surface area contributed by atoms with Crippen molar-refractivity contribution in [1.82, 2.24) is 0 Å². The van der Waals surface area contributed by atoms with Gasteiger partial charge in [0.1, 0.15) is 0 Å². The molecule has 0 atom stereocenters. The summed E-state index contributed by atoms with van der Waals surface area (Å²) >= 11 is 0. The summed E-state index contributed by atoms with van der Waals surface area (Å²) in [5.74, 6) is 0. The predicted molar refractivity (Wildman–Crippen MR) is 85.0 cm³/mol. The fraction of sp³-hybridized carbons (Fsp3) is 0.600. The van der Waals surface area contributed by atoms with E-state index in [-0.39, 0.29) is 0 Å². The average Bonchev–Trinajstić information content (AvgIpc) is 2.48. The molecule has 1 aromatic rings. The Morgan fingerprint density at radius 1 is 0.800 bits per heavy atom. The highest BCUT2D eigenvalue weighted by Crippen LogP contribution is 2.14. The van der Waals surface area contributed by atoms with Gasteiger partial charge in [0.05, 0.1) is 0 Å². The molecule has 0 aromatic heterocycles. The van der Waals surface area contributed by atoms with Crippen LogP contribution in [-0.4, -0.2) is 28.6 Å². The van der Waals surface area contributed by atoms with Crippen LogP contribution in [0.1, 0.15) is 40.0 Å². The van der Waals surface area contributed by atoms with Gasteiger partial charge in [-0.3, -0.25) is 0 Å². The second-order valence-corrected chi connectivity index (χ2v) is 7.28. The van der Waals surface area contributed by atoms with Crippen molar-refractivity contribution in [2.75, 3.05) is 25.6 Å². The SMILES string of the molecule is CCCO[Si](OCCC)(OCCC)c1ccc(N)cc1. The Kier molecular flexibility index (Phi) is 7.83. The molecule has 0 aliphatic heterocycles. The predicted octanol–water partition coefficient (Wildman–Crippen LogP) is 2.69. The molecule has 0 unspecified atom stereocenters. The minimum atomic E-state index is -2.81. The number of benzene rings is 1. The first-order chi connectivity index (χ1) is 9.68. The van der Waals surface area contributed by atoms with E-state index in [9.17, 15) is 0 Å². The van der Waals surface area contributed by atoms with E-state index in [0.29, 0.717) is 19.8 Å². The van der Waals surface area contributed by atoms with Gasteiger partial charge in [-0.15, -0.1) is 0 Å². The molecule has 1 aromatic carbocycles. The van der Waals surface area contributed by atoms with Gasteiger partial charge in [-0.05, 0) is 31.4 Å². The molecule has 4 nitrogen and oxygen atoms in total. The molecule has 0 radical (unpaired) electrons. The first kappa shape index (κ1) is 17.2. The lowest BCUT2D eigenvalue weighted by atomic mass is 10.3. The highest BCUT2D eigenvalue weighted by Gasteiger charge is 2.43. The quantitative estimate of drug-likeness (QED) is 0.533.